The summed E-state index contributed by atoms with van der Waals surface area (Å²) in [7, 11) is 0. The van der Waals surface area contributed by atoms with Crippen molar-refractivity contribution in [1.82, 2.24) is 10.6 Å². The Morgan fingerprint density at radius 2 is 2.10 bits per heavy atom. The summed E-state index contributed by atoms with van der Waals surface area (Å²) in [6.07, 6.45) is 2.34. The molecule has 2 rings (SSSR count). The van der Waals surface area contributed by atoms with Crippen LogP contribution in [0, 0.1) is 0 Å². The molecule has 1 aromatic rings. The number of hydrogen-bond donors (Lipinski definition) is 3. The number of nitrogens with one attached hydrogen (secondary N) is 3. The number of carbonyl (C=O) groups excluding carboxylic acids is 2. The second-order valence-electron chi connectivity index (χ2n) is 5.25. The van der Waals surface area contributed by atoms with Gasteiger partial charge in [-0.3, -0.25) is 9.59 Å². The fraction of sp³-hybridized carbons (Fsp3) is 0.467. The van der Waals surface area contributed by atoms with Crippen molar-refractivity contribution in [3.05, 3.63) is 29.8 Å². The summed E-state index contributed by atoms with van der Waals surface area (Å²) in [5, 5.41) is 8.87. The summed E-state index contributed by atoms with van der Waals surface area (Å²) in [6.45, 7) is 3.77. The minimum atomic E-state index is -0.104. The molecule has 0 bridgehead atoms. The Bertz CT molecular complexity index is 498. The first-order chi connectivity index (χ1) is 9.54. The summed E-state index contributed by atoms with van der Waals surface area (Å²) in [5.41, 5.74) is 1.71. The first-order valence-electron chi connectivity index (χ1n) is 6.95. The maximum atomic E-state index is 11.8. The predicted molar refractivity (Wildman–Crippen MR) is 78.3 cm³/mol. The number of benzene rings is 1. The third-order valence-corrected chi connectivity index (χ3v) is 3.21. The Labute approximate surface area is 119 Å². The number of anilines is 1. The molecule has 0 heterocycles. The van der Waals surface area contributed by atoms with E-state index in [2.05, 4.69) is 16.0 Å². The van der Waals surface area contributed by atoms with E-state index >= 15 is 0 Å². The molecule has 0 aliphatic heterocycles. The third kappa shape index (κ3) is 4.66. The summed E-state index contributed by atoms with van der Waals surface area (Å²) in [5.74, 6) is -0.109. The first kappa shape index (κ1) is 14.5. The minimum absolute atomic E-state index is 0.00525. The zero-order chi connectivity index (χ0) is 14.5. The van der Waals surface area contributed by atoms with Crippen LogP contribution in [0.3, 0.4) is 0 Å². The van der Waals surface area contributed by atoms with Crippen LogP contribution >= 0.6 is 0 Å². The molecule has 1 aromatic carbocycles. The Hall–Kier alpha value is -1.88. The summed E-state index contributed by atoms with van der Waals surface area (Å²) in [6, 6.07) is 7.95. The Kier molecular flexibility index (Phi) is 4.74. The zero-order valence-electron chi connectivity index (χ0n) is 11.9. The Morgan fingerprint density at radius 3 is 2.75 bits per heavy atom. The Morgan fingerprint density at radius 1 is 1.35 bits per heavy atom. The maximum absolute atomic E-state index is 11.8. The second kappa shape index (κ2) is 6.52. The van der Waals surface area contributed by atoms with E-state index in [0.29, 0.717) is 12.6 Å². The van der Waals surface area contributed by atoms with E-state index in [1.165, 1.54) is 19.8 Å². The molecular formula is C15H21N3O2. The average Bonchev–Trinajstić information content (AvgIpc) is 3.20. The first-order valence-corrected chi connectivity index (χ1v) is 6.95. The van der Waals surface area contributed by atoms with Gasteiger partial charge in [0.05, 0.1) is 12.6 Å². The van der Waals surface area contributed by atoms with Gasteiger partial charge in [-0.2, -0.15) is 0 Å². The van der Waals surface area contributed by atoms with Gasteiger partial charge >= 0.3 is 0 Å². The quantitative estimate of drug-likeness (QED) is 0.738. The minimum Gasteiger partial charge on any atom is -0.348 e. The monoisotopic (exact) mass is 275 g/mol. The van der Waals surface area contributed by atoms with Crippen molar-refractivity contribution in [3.63, 3.8) is 0 Å². The fourth-order valence-corrected chi connectivity index (χ4v) is 1.99. The van der Waals surface area contributed by atoms with Gasteiger partial charge in [0.1, 0.15) is 0 Å². The number of rotatable bonds is 6. The topological polar surface area (TPSA) is 70.2 Å². The van der Waals surface area contributed by atoms with E-state index in [-0.39, 0.29) is 17.9 Å². The van der Waals surface area contributed by atoms with E-state index in [0.717, 1.165) is 11.3 Å². The molecule has 0 radical (unpaired) electrons. The van der Waals surface area contributed by atoms with E-state index in [4.69, 9.17) is 0 Å². The van der Waals surface area contributed by atoms with Crippen molar-refractivity contribution in [2.24, 2.45) is 0 Å². The van der Waals surface area contributed by atoms with Gasteiger partial charge in [0, 0.05) is 18.7 Å². The van der Waals surface area contributed by atoms with Gasteiger partial charge in [-0.15, -0.1) is 0 Å². The van der Waals surface area contributed by atoms with E-state index in [1.807, 2.05) is 31.2 Å². The molecule has 1 unspecified atom stereocenters. The molecule has 0 aromatic heterocycles. The van der Waals surface area contributed by atoms with Crippen molar-refractivity contribution in [1.29, 1.82) is 0 Å². The molecule has 1 aliphatic rings. The molecule has 3 N–H and O–H groups in total. The van der Waals surface area contributed by atoms with Crippen LogP contribution in [-0.4, -0.2) is 24.4 Å². The number of amides is 2. The van der Waals surface area contributed by atoms with Crippen molar-refractivity contribution < 1.29 is 9.59 Å². The smallest absolute Gasteiger partial charge is 0.234 e. The lowest BCUT2D eigenvalue weighted by atomic mass is 10.1. The standard InChI is InChI=1S/C15H21N3O2/c1-10(17-15(20)9-16-13-6-7-13)12-4-3-5-14(8-12)18-11(2)19/h3-5,8,10,13,16H,6-7,9H2,1-2H3,(H,17,20)(H,18,19). The summed E-state index contributed by atoms with van der Waals surface area (Å²) >= 11 is 0. The van der Waals surface area contributed by atoms with Crippen LogP contribution in [0.5, 0.6) is 0 Å². The van der Waals surface area contributed by atoms with Gasteiger partial charge in [0.15, 0.2) is 0 Å². The van der Waals surface area contributed by atoms with Gasteiger partial charge in [0.25, 0.3) is 0 Å². The lowest BCUT2D eigenvalue weighted by Gasteiger charge is -2.15. The van der Waals surface area contributed by atoms with Crippen molar-refractivity contribution in [2.45, 2.75) is 38.8 Å². The van der Waals surface area contributed by atoms with Crippen molar-refractivity contribution in [2.75, 3.05) is 11.9 Å². The van der Waals surface area contributed by atoms with Gasteiger partial charge in [-0.25, -0.2) is 0 Å². The average molecular weight is 275 g/mol. The van der Waals surface area contributed by atoms with E-state index < -0.39 is 0 Å². The molecule has 1 aliphatic carbocycles. The van der Waals surface area contributed by atoms with Crippen molar-refractivity contribution in [3.8, 4) is 0 Å². The number of carbonyl (C=O) groups is 2. The summed E-state index contributed by atoms with van der Waals surface area (Å²) < 4.78 is 0. The highest BCUT2D eigenvalue weighted by molar-refractivity contribution is 5.88. The molecule has 0 spiro atoms. The van der Waals surface area contributed by atoms with Crippen molar-refractivity contribution >= 4 is 17.5 Å². The largest absolute Gasteiger partial charge is 0.348 e. The molecule has 2 amide bonds. The maximum Gasteiger partial charge on any atom is 0.234 e. The highest BCUT2D eigenvalue weighted by Crippen LogP contribution is 2.19. The Balaban J connectivity index is 1.88. The van der Waals surface area contributed by atoms with Gasteiger partial charge in [-0.05, 0) is 37.5 Å². The lowest BCUT2D eigenvalue weighted by Crippen LogP contribution is -2.36. The normalized spacial score (nSPS) is 15.5. The molecule has 5 nitrogen and oxygen atoms in total. The predicted octanol–water partition coefficient (Wildman–Crippen LogP) is 1.57. The molecule has 1 fully saturated rings. The molecule has 1 saturated carbocycles. The van der Waals surface area contributed by atoms with Crippen LogP contribution in [0.2, 0.25) is 0 Å². The second-order valence-corrected chi connectivity index (χ2v) is 5.25. The summed E-state index contributed by atoms with van der Waals surface area (Å²) in [4.78, 5) is 22.8. The van der Waals surface area contributed by atoms with Gasteiger partial charge in [0.2, 0.25) is 11.8 Å². The van der Waals surface area contributed by atoms with Crippen LogP contribution in [0.1, 0.15) is 38.3 Å². The highest BCUT2D eigenvalue weighted by atomic mass is 16.2. The van der Waals surface area contributed by atoms with Gasteiger partial charge in [-0.1, -0.05) is 12.1 Å². The van der Waals surface area contributed by atoms with E-state index in [1.54, 1.807) is 0 Å². The van der Waals surface area contributed by atoms with Crippen LogP contribution in [0.4, 0.5) is 5.69 Å². The fourth-order valence-electron chi connectivity index (χ4n) is 1.99. The van der Waals surface area contributed by atoms with Crippen LogP contribution in [0.15, 0.2) is 24.3 Å². The molecule has 20 heavy (non-hydrogen) atoms. The number of hydrogen-bond acceptors (Lipinski definition) is 3. The molecule has 108 valence electrons. The van der Waals surface area contributed by atoms with Gasteiger partial charge < -0.3 is 16.0 Å². The lowest BCUT2D eigenvalue weighted by molar-refractivity contribution is -0.121. The molecular weight excluding hydrogens is 254 g/mol. The third-order valence-electron chi connectivity index (χ3n) is 3.21. The van der Waals surface area contributed by atoms with Crippen LogP contribution in [0.25, 0.3) is 0 Å². The zero-order valence-corrected chi connectivity index (χ0v) is 11.9. The highest BCUT2D eigenvalue weighted by Gasteiger charge is 2.21. The van der Waals surface area contributed by atoms with E-state index in [9.17, 15) is 9.59 Å². The molecule has 0 saturated heterocycles. The van der Waals surface area contributed by atoms with Crippen LogP contribution in [-0.2, 0) is 9.59 Å². The molecule has 1 atom stereocenters. The molecule has 5 heteroatoms. The van der Waals surface area contributed by atoms with Crippen LogP contribution < -0.4 is 16.0 Å². The SMILES string of the molecule is CC(=O)Nc1cccc(C(C)NC(=O)CNC2CC2)c1.